The summed E-state index contributed by atoms with van der Waals surface area (Å²) < 4.78 is 26.6. The van der Waals surface area contributed by atoms with Crippen LogP contribution in [0.1, 0.15) is 18.9 Å². The second-order valence-corrected chi connectivity index (χ2v) is 5.91. The van der Waals surface area contributed by atoms with E-state index in [2.05, 4.69) is 27.8 Å². The maximum absolute atomic E-state index is 13.5. The van der Waals surface area contributed by atoms with Crippen molar-refractivity contribution < 1.29 is 8.78 Å². The Hall–Kier alpha value is -0.480. The smallest absolute Gasteiger partial charge is 0.163 e. The zero-order valence-electron chi connectivity index (χ0n) is 9.80. The Morgan fingerprint density at radius 1 is 1.41 bits per heavy atom. The van der Waals surface area contributed by atoms with Crippen LogP contribution in [-0.2, 0) is 6.54 Å². The van der Waals surface area contributed by atoms with Gasteiger partial charge in [-0.05, 0) is 24.9 Å². The van der Waals surface area contributed by atoms with Crippen LogP contribution in [0.4, 0.5) is 8.78 Å². The van der Waals surface area contributed by atoms with Gasteiger partial charge in [-0.25, -0.2) is 8.78 Å². The first kappa shape index (κ1) is 13.0. The number of benzene rings is 1. The Balaban J connectivity index is 2.04. The molecular formula is C13H16BrF2N. The molecule has 0 aromatic heterocycles. The molecule has 94 valence electrons. The van der Waals surface area contributed by atoms with Crippen molar-refractivity contribution in [3.05, 3.63) is 35.4 Å². The monoisotopic (exact) mass is 303 g/mol. The molecule has 0 bridgehead atoms. The molecule has 0 N–H and O–H groups in total. The zero-order chi connectivity index (χ0) is 12.4. The van der Waals surface area contributed by atoms with E-state index in [4.69, 9.17) is 0 Å². The Kier molecular flexibility index (Phi) is 4.15. The van der Waals surface area contributed by atoms with Crippen LogP contribution < -0.4 is 0 Å². The first-order valence-electron chi connectivity index (χ1n) is 5.87. The van der Waals surface area contributed by atoms with Crippen molar-refractivity contribution in [3.63, 3.8) is 0 Å². The van der Waals surface area contributed by atoms with Crippen molar-refractivity contribution in [1.82, 2.24) is 4.90 Å². The van der Waals surface area contributed by atoms with Gasteiger partial charge in [-0.2, -0.15) is 0 Å². The second-order valence-electron chi connectivity index (χ2n) is 4.73. The van der Waals surface area contributed by atoms with E-state index in [0.717, 1.165) is 25.6 Å². The van der Waals surface area contributed by atoms with Gasteiger partial charge in [-0.1, -0.05) is 35.0 Å². The minimum Gasteiger partial charge on any atom is -0.298 e. The highest BCUT2D eigenvalue weighted by atomic mass is 79.9. The van der Waals surface area contributed by atoms with Crippen molar-refractivity contribution in [1.29, 1.82) is 0 Å². The fourth-order valence-electron chi connectivity index (χ4n) is 2.14. The molecule has 0 aliphatic carbocycles. The highest BCUT2D eigenvalue weighted by molar-refractivity contribution is 9.09. The lowest BCUT2D eigenvalue weighted by atomic mass is 9.98. The van der Waals surface area contributed by atoms with Crippen LogP contribution in [0.15, 0.2) is 18.2 Å². The fraction of sp³-hybridized carbons (Fsp3) is 0.538. The highest BCUT2D eigenvalue weighted by Crippen LogP contribution is 2.25. The quantitative estimate of drug-likeness (QED) is 0.755. The summed E-state index contributed by atoms with van der Waals surface area (Å²) >= 11 is 3.63. The van der Waals surface area contributed by atoms with Gasteiger partial charge in [0, 0.05) is 23.5 Å². The molecule has 0 saturated carbocycles. The summed E-state index contributed by atoms with van der Waals surface area (Å²) in [5.74, 6) is -0.830. The lowest BCUT2D eigenvalue weighted by Crippen LogP contribution is -2.39. The second kappa shape index (κ2) is 5.44. The minimum atomic E-state index is -0.761. The molecule has 1 aliphatic rings. The largest absolute Gasteiger partial charge is 0.298 e. The summed E-state index contributed by atoms with van der Waals surface area (Å²) in [5.41, 5.74) is 0.444. The third-order valence-corrected chi connectivity index (χ3v) is 4.57. The van der Waals surface area contributed by atoms with E-state index in [1.54, 1.807) is 12.1 Å². The van der Waals surface area contributed by atoms with Crippen LogP contribution in [0.5, 0.6) is 0 Å². The zero-order valence-corrected chi connectivity index (χ0v) is 11.4. The molecule has 1 saturated heterocycles. The Morgan fingerprint density at radius 2 is 2.18 bits per heavy atom. The summed E-state index contributed by atoms with van der Waals surface area (Å²) in [7, 11) is 0. The van der Waals surface area contributed by atoms with Gasteiger partial charge in [0.25, 0.3) is 0 Å². The lowest BCUT2D eigenvalue weighted by Gasteiger charge is -2.34. The first-order valence-corrected chi connectivity index (χ1v) is 6.79. The maximum Gasteiger partial charge on any atom is 0.163 e. The van der Waals surface area contributed by atoms with Crippen LogP contribution in [-0.4, -0.2) is 22.8 Å². The molecule has 2 atom stereocenters. The van der Waals surface area contributed by atoms with Crippen molar-refractivity contribution in [2.24, 2.45) is 5.92 Å². The van der Waals surface area contributed by atoms with E-state index >= 15 is 0 Å². The van der Waals surface area contributed by atoms with Gasteiger partial charge in [-0.3, -0.25) is 4.90 Å². The summed E-state index contributed by atoms with van der Waals surface area (Å²) in [4.78, 5) is 2.60. The van der Waals surface area contributed by atoms with E-state index < -0.39 is 11.6 Å². The summed E-state index contributed by atoms with van der Waals surface area (Å²) in [6, 6.07) is 4.37. The molecule has 0 spiro atoms. The van der Waals surface area contributed by atoms with Gasteiger partial charge in [0.05, 0.1) is 0 Å². The van der Waals surface area contributed by atoms with Gasteiger partial charge in [0.1, 0.15) is 0 Å². The van der Waals surface area contributed by atoms with Crippen molar-refractivity contribution >= 4 is 15.9 Å². The first-order chi connectivity index (χ1) is 8.08. The summed E-state index contributed by atoms with van der Waals surface area (Å²) in [6.45, 7) is 4.52. The van der Waals surface area contributed by atoms with Crippen LogP contribution in [0.3, 0.4) is 0 Å². The number of hydrogen-bond donors (Lipinski definition) is 0. The standard InChI is InChI=1S/C13H16BrF2N/c1-9-5-6-17(8-11(9)14)7-10-3-2-4-12(15)13(10)16/h2-4,9,11H,5-8H2,1H3. The minimum absolute atomic E-state index is 0.438. The van der Waals surface area contributed by atoms with Crippen LogP contribution in [0.25, 0.3) is 0 Å². The van der Waals surface area contributed by atoms with E-state index in [-0.39, 0.29) is 0 Å². The Morgan fingerprint density at radius 3 is 2.88 bits per heavy atom. The molecule has 1 heterocycles. The summed E-state index contributed by atoms with van der Waals surface area (Å²) in [6.07, 6.45) is 1.09. The van der Waals surface area contributed by atoms with Crippen molar-refractivity contribution in [2.45, 2.75) is 24.7 Å². The predicted molar refractivity (Wildman–Crippen MR) is 68.1 cm³/mol. The average molecular weight is 304 g/mol. The molecular weight excluding hydrogens is 288 g/mol. The number of likely N-dealkylation sites (tertiary alicyclic amines) is 1. The number of rotatable bonds is 2. The van der Waals surface area contributed by atoms with Crippen LogP contribution in [0.2, 0.25) is 0 Å². The van der Waals surface area contributed by atoms with E-state index in [9.17, 15) is 8.78 Å². The molecule has 1 aromatic carbocycles. The van der Waals surface area contributed by atoms with Gasteiger partial charge in [0.2, 0.25) is 0 Å². The topological polar surface area (TPSA) is 3.24 Å². The maximum atomic E-state index is 13.5. The third-order valence-electron chi connectivity index (χ3n) is 3.38. The molecule has 4 heteroatoms. The normalized spacial score (nSPS) is 26.1. The lowest BCUT2D eigenvalue weighted by molar-refractivity contribution is 0.191. The highest BCUT2D eigenvalue weighted by Gasteiger charge is 2.24. The van der Waals surface area contributed by atoms with Crippen LogP contribution in [0, 0.1) is 17.6 Å². The molecule has 1 aliphatic heterocycles. The summed E-state index contributed by atoms with van der Waals surface area (Å²) in [5, 5.41) is 0. The molecule has 2 rings (SSSR count). The van der Waals surface area contributed by atoms with Crippen molar-refractivity contribution in [2.75, 3.05) is 13.1 Å². The molecule has 1 fully saturated rings. The number of alkyl halides is 1. The molecule has 17 heavy (non-hydrogen) atoms. The predicted octanol–water partition coefficient (Wildman–Crippen LogP) is 3.57. The van der Waals surface area contributed by atoms with E-state index in [0.29, 0.717) is 22.9 Å². The third kappa shape index (κ3) is 3.05. The molecule has 1 aromatic rings. The Bertz CT molecular complexity index is 397. The van der Waals surface area contributed by atoms with Gasteiger partial charge >= 0.3 is 0 Å². The molecule has 2 unspecified atom stereocenters. The van der Waals surface area contributed by atoms with Crippen molar-refractivity contribution in [3.8, 4) is 0 Å². The number of nitrogens with zero attached hydrogens (tertiary/aromatic N) is 1. The molecule has 0 radical (unpaired) electrons. The fourth-order valence-corrected chi connectivity index (χ4v) is 2.81. The molecule has 1 nitrogen and oxygen atoms in total. The van der Waals surface area contributed by atoms with Crippen LogP contribution >= 0.6 is 15.9 Å². The van der Waals surface area contributed by atoms with Gasteiger partial charge in [-0.15, -0.1) is 0 Å². The number of hydrogen-bond acceptors (Lipinski definition) is 1. The van der Waals surface area contributed by atoms with Gasteiger partial charge in [0.15, 0.2) is 11.6 Å². The van der Waals surface area contributed by atoms with E-state index in [1.807, 2.05) is 0 Å². The average Bonchev–Trinajstić information content (AvgIpc) is 2.30. The Labute approximate surface area is 109 Å². The number of piperidine rings is 1. The van der Waals surface area contributed by atoms with E-state index in [1.165, 1.54) is 0 Å². The molecule has 0 amide bonds. The van der Waals surface area contributed by atoms with Gasteiger partial charge < -0.3 is 0 Å². The number of halogens is 3. The SMILES string of the molecule is CC1CCN(Cc2cccc(F)c2F)CC1Br.